The van der Waals surface area contributed by atoms with Crippen molar-refractivity contribution in [2.75, 3.05) is 0 Å². The van der Waals surface area contributed by atoms with Gasteiger partial charge in [0.2, 0.25) is 0 Å². The zero-order chi connectivity index (χ0) is 6.91. The summed E-state index contributed by atoms with van der Waals surface area (Å²) in [6.45, 7) is 0. The van der Waals surface area contributed by atoms with E-state index in [0.717, 1.165) is 6.08 Å². The van der Waals surface area contributed by atoms with E-state index < -0.39 is 33.0 Å². The maximum atomic E-state index is 11.7. The van der Waals surface area contributed by atoms with Crippen LogP contribution in [0.5, 0.6) is 0 Å². The first kappa shape index (κ1) is 7.11. The van der Waals surface area contributed by atoms with E-state index in [1.54, 1.807) is 4.08 Å². The van der Waals surface area contributed by atoms with E-state index in [2.05, 4.69) is 0 Å². The van der Waals surface area contributed by atoms with E-state index >= 15 is 0 Å². The van der Waals surface area contributed by atoms with Crippen LogP contribution in [0.2, 0.25) is 0 Å². The molecule has 0 aliphatic carbocycles. The van der Waals surface area contributed by atoms with Crippen LogP contribution in [0.4, 0.5) is 13.2 Å². The summed E-state index contributed by atoms with van der Waals surface area (Å²) in [6, 6.07) is 0. The molecule has 1 aliphatic heterocycles. The molecule has 0 aromatic carbocycles. The van der Waals surface area contributed by atoms with Gasteiger partial charge in [0, 0.05) is 0 Å². The summed E-state index contributed by atoms with van der Waals surface area (Å²) in [5.41, 5.74) is -0.477. The number of hydrogen-bond donors (Lipinski definition) is 0. The molecule has 0 spiro atoms. The monoisotopic (exact) mass is 247 g/mol. The minimum atomic E-state index is -4.12. The number of halogens is 4. The fourth-order valence-electron chi connectivity index (χ4n) is 0.401. The Hall–Kier alpha value is -0.0000000000000000555. The zero-order valence-electron chi connectivity index (χ0n) is 4.24. The van der Waals surface area contributed by atoms with E-state index in [-0.39, 0.29) is 0 Å². The molecule has 0 amide bonds. The van der Waals surface area contributed by atoms with Crippen molar-refractivity contribution in [3.05, 3.63) is 19.8 Å². The summed E-state index contributed by atoms with van der Waals surface area (Å²) < 4.78 is 37.9. The molecule has 4 heteroatoms. The van der Waals surface area contributed by atoms with Crippen LogP contribution in [0, 0.1) is 0 Å². The second-order valence-corrected chi connectivity index (χ2v) is 3.54. The third-order valence-corrected chi connectivity index (χ3v) is 2.63. The van der Waals surface area contributed by atoms with Crippen molar-refractivity contribution in [3.8, 4) is 0 Å². The molecular weight excluding hydrogens is 244 g/mol. The van der Waals surface area contributed by atoms with Gasteiger partial charge in [0.05, 0.1) is 0 Å². The molecule has 0 nitrogen and oxygen atoms in total. The first-order chi connectivity index (χ1) is 4.11. The molecule has 0 N–H and O–H groups in total. The van der Waals surface area contributed by atoms with Crippen LogP contribution in [-0.2, 0) is 0 Å². The van der Waals surface area contributed by atoms with Crippen molar-refractivity contribution in [2.45, 2.75) is 6.18 Å². The van der Waals surface area contributed by atoms with E-state index in [4.69, 9.17) is 0 Å². The summed E-state index contributed by atoms with van der Waals surface area (Å²) >= 11 is -0.427. The van der Waals surface area contributed by atoms with Crippen LogP contribution in [0.15, 0.2) is 19.8 Å². The van der Waals surface area contributed by atoms with Gasteiger partial charge >= 0.3 is 60.4 Å². The SMILES string of the molecule is FC(F)(F)C1=C[I-]C=C1. The van der Waals surface area contributed by atoms with Gasteiger partial charge in [-0.05, 0) is 0 Å². The molecule has 0 radical (unpaired) electrons. The number of alkyl halides is 3. The quantitative estimate of drug-likeness (QED) is 0.484. The number of rotatable bonds is 0. The number of allylic oxidation sites excluding steroid dienone is 2. The molecule has 1 aliphatic rings. The van der Waals surface area contributed by atoms with Crippen LogP contribution < -0.4 is 21.2 Å². The van der Waals surface area contributed by atoms with Crippen molar-refractivity contribution < 1.29 is 34.4 Å². The minimum absolute atomic E-state index is 0.427. The Morgan fingerprint density at radius 1 is 1.33 bits per heavy atom. The van der Waals surface area contributed by atoms with E-state index in [1.165, 1.54) is 4.08 Å². The molecule has 52 valence electrons. The van der Waals surface area contributed by atoms with Crippen LogP contribution in [-0.4, -0.2) is 6.18 Å². The van der Waals surface area contributed by atoms with Gasteiger partial charge in [0.15, 0.2) is 0 Å². The summed E-state index contributed by atoms with van der Waals surface area (Å²) in [6.07, 6.45) is -2.97. The summed E-state index contributed by atoms with van der Waals surface area (Å²) in [5.74, 6) is 0. The van der Waals surface area contributed by atoms with Gasteiger partial charge in [-0.15, -0.1) is 0 Å². The molecule has 9 heavy (non-hydrogen) atoms. The van der Waals surface area contributed by atoms with E-state index in [0.29, 0.717) is 0 Å². The van der Waals surface area contributed by atoms with Crippen LogP contribution >= 0.6 is 0 Å². The predicted octanol–water partition coefficient (Wildman–Crippen LogP) is -0.951. The standard InChI is InChI=1S/C5H3F3I/c6-5(7,8)4-1-2-9-3-4/h1-3H/q-1. The van der Waals surface area contributed by atoms with Gasteiger partial charge in [0.1, 0.15) is 0 Å². The summed E-state index contributed by atoms with van der Waals surface area (Å²) in [4.78, 5) is 0. The second-order valence-electron chi connectivity index (χ2n) is 1.48. The predicted molar refractivity (Wildman–Crippen MR) is 23.3 cm³/mol. The average Bonchev–Trinajstić information content (AvgIpc) is 2.08. The first-order valence-corrected chi connectivity index (χ1v) is 4.66. The Labute approximate surface area is 60.7 Å². The van der Waals surface area contributed by atoms with Gasteiger partial charge in [0.25, 0.3) is 0 Å². The van der Waals surface area contributed by atoms with Crippen molar-refractivity contribution in [3.63, 3.8) is 0 Å². The Balaban J connectivity index is 2.73. The average molecular weight is 247 g/mol. The zero-order valence-corrected chi connectivity index (χ0v) is 6.40. The third kappa shape index (κ3) is 1.70. The van der Waals surface area contributed by atoms with Crippen LogP contribution in [0.3, 0.4) is 0 Å². The molecular formula is C5H3F3I-. The van der Waals surface area contributed by atoms with Crippen molar-refractivity contribution in [1.29, 1.82) is 0 Å². The molecule has 0 unspecified atom stereocenters. The van der Waals surface area contributed by atoms with Gasteiger partial charge in [-0.3, -0.25) is 0 Å². The Kier molecular flexibility index (Phi) is 1.83. The van der Waals surface area contributed by atoms with Crippen molar-refractivity contribution in [2.24, 2.45) is 0 Å². The third-order valence-electron chi connectivity index (χ3n) is 0.823. The van der Waals surface area contributed by atoms with Crippen molar-refractivity contribution in [1.82, 2.24) is 0 Å². The van der Waals surface area contributed by atoms with Gasteiger partial charge in [-0.25, -0.2) is 0 Å². The fraction of sp³-hybridized carbons (Fsp3) is 0.200. The van der Waals surface area contributed by atoms with Gasteiger partial charge in [-0.2, -0.15) is 0 Å². The molecule has 0 saturated heterocycles. The topological polar surface area (TPSA) is 0 Å². The van der Waals surface area contributed by atoms with Crippen LogP contribution in [0.1, 0.15) is 0 Å². The van der Waals surface area contributed by atoms with Gasteiger partial charge < -0.3 is 0 Å². The second kappa shape index (κ2) is 2.32. The molecule has 0 aromatic rings. The van der Waals surface area contributed by atoms with E-state index in [1.807, 2.05) is 0 Å². The normalized spacial score (nSPS) is 19.2. The molecule has 1 heterocycles. The van der Waals surface area contributed by atoms with E-state index in [9.17, 15) is 13.2 Å². The molecule has 0 saturated carbocycles. The molecule has 0 bridgehead atoms. The molecule has 0 aromatic heterocycles. The summed E-state index contributed by atoms with van der Waals surface area (Å²) in [7, 11) is 0. The van der Waals surface area contributed by atoms with Gasteiger partial charge in [-0.1, -0.05) is 0 Å². The molecule has 0 fully saturated rings. The first-order valence-electron chi connectivity index (χ1n) is 2.16. The Morgan fingerprint density at radius 2 is 2.00 bits per heavy atom. The van der Waals surface area contributed by atoms with Crippen molar-refractivity contribution >= 4 is 0 Å². The number of hydrogen-bond acceptors (Lipinski definition) is 0. The Bertz CT molecular complexity index is 166. The fourth-order valence-corrected chi connectivity index (χ4v) is 2.15. The summed E-state index contributed by atoms with van der Waals surface area (Å²) in [5, 5.41) is 0. The Morgan fingerprint density at radius 3 is 2.22 bits per heavy atom. The molecule has 1 rings (SSSR count). The maximum absolute atomic E-state index is 11.7. The van der Waals surface area contributed by atoms with Crippen LogP contribution in [0.25, 0.3) is 0 Å². The molecule has 0 atom stereocenters.